The van der Waals surface area contributed by atoms with Crippen LogP contribution in [0, 0.1) is 17.3 Å². The standard InChI is InChI=1S/C24H31ClN2O3S/c25-24-14-17-10-18(15-24)13-23(12-17,16-24)22(28)26-6-8-27(9-7-26)31(29,30)21-5-4-19-2-1-3-20(19)11-21/h4-5,11,17-18H,1-3,6-10,12-16H2/t17-,18-,23?,24?/m1/s1. The van der Waals surface area contributed by atoms with E-state index >= 15 is 0 Å². The van der Waals surface area contributed by atoms with Crippen LogP contribution in [0.3, 0.4) is 0 Å². The van der Waals surface area contributed by atoms with Gasteiger partial charge in [0.1, 0.15) is 0 Å². The van der Waals surface area contributed by atoms with Gasteiger partial charge in [0.15, 0.2) is 0 Å². The van der Waals surface area contributed by atoms with Gasteiger partial charge in [-0.25, -0.2) is 8.42 Å². The Morgan fingerprint density at radius 1 is 0.968 bits per heavy atom. The quantitative estimate of drug-likeness (QED) is 0.645. The van der Waals surface area contributed by atoms with E-state index in [1.54, 1.807) is 10.4 Å². The second kappa shape index (κ2) is 6.94. The topological polar surface area (TPSA) is 57.7 Å². The summed E-state index contributed by atoms with van der Waals surface area (Å²) in [6.45, 7) is 1.71. The summed E-state index contributed by atoms with van der Waals surface area (Å²) in [5.41, 5.74) is 2.15. The number of piperazine rings is 1. The molecular formula is C24H31ClN2O3S. The molecule has 7 heteroatoms. The van der Waals surface area contributed by atoms with E-state index in [2.05, 4.69) is 0 Å². The number of carbonyl (C=O) groups excluding carboxylic acids is 1. The number of nitrogens with zero attached hydrogens (tertiary/aromatic N) is 2. The lowest BCUT2D eigenvalue weighted by Crippen LogP contribution is -2.61. The van der Waals surface area contributed by atoms with E-state index in [9.17, 15) is 13.2 Å². The normalized spacial score (nSPS) is 37.3. The summed E-state index contributed by atoms with van der Waals surface area (Å²) >= 11 is 6.94. The molecule has 1 aliphatic heterocycles. The van der Waals surface area contributed by atoms with Crippen LogP contribution >= 0.6 is 11.6 Å². The van der Waals surface area contributed by atoms with Crippen LogP contribution in [-0.2, 0) is 27.7 Å². The van der Waals surface area contributed by atoms with Gasteiger partial charge < -0.3 is 4.90 Å². The highest BCUT2D eigenvalue weighted by Gasteiger charge is 2.60. The summed E-state index contributed by atoms with van der Waals surface area (Å²) in [5, 5.41) is 0. The minimum absolute atomic E-state index is 0.182. The zero-order valence-corrected chi connectivity index (χ0v) is 19.6. The molecule has 0 unspecified atom stereocenters. The fourth-order valence-electron chi connectivity index (χ4n) is 7.73. The summed E-state index contributed by atoms with van der Waals surface area (Å²) in [6.07, 6.45) is 9.23. The predicted octanol–water partition coefficient (Wildman–Crippen LogP) is 3.59. The molecule has 5 aliphatic carbocycles. The van der Waals surface area contributed by atoms with Crippen LogP contribution in [0.4, 0.5) is 0 Å². The number of hydrogen-bond acceptors (Lipinski definition) is 3. The Balaban J connectivity index is 1.16. The Hall–Kier alpha value is -1.11. The Morgan fingerprint density at radius 2 is 1.65 bits per heavy atom. The van der Waals surface area contributed by atoms with Gasteiger partial charge in [0, 0.05) is 31.1 Å². The molecule has 168 valence electrons. The van der Waals surface area contributed by atoms with Crippen LogP contribution < -0.4 is 0 Å². The van der Waals surface area contributed by atoms with Gasteiger partial charge in [0.05, 0.1) is 10.3 Å². The summed E-state index contributed by atoms with van der Waals surface area (Å²) in [6, 6.07) is 5.60. The van der Waals surface area contributed by atoms with E-state index in [4.69, 9.17) is 11.6 Å². The lowest BCUT2D eigenvalue weighted by Gasteiger charge is -2.60. The molecule has 0 spiro atoms. The first-order valence-electron chi connectivity index (χ1n) is 11.9. The van der Waals surface area contributed by atoms with E-state index in [1.807, 2.05) is 17.0 Å². The minimum atomic E-state index is -3.51. The number of alkyl halides is 1. The van der Waals surface area contributed by atoms with Crippen molar-refractivity contribution in [2.75, 3.05) is 26.2 Å². The van der Waals surface area contributed by atoms with Crippen molar-refractivity contribution in [1.82, 2.24) is 9.21 Å². The summed E-state index contributed by atoms with van der Waals surface area (Å²) in [5.74, 6) is 1.41. The molecule has 0 aromatic heterocycles. The number of benzene rings is 1. The van der Waals surface area contributed by atoms with Crippen molar-refractivity contribution < 1.29 is 13.2 Å². The first-order valence-corrected chi connectivity index (χ1v) is 13.7. The van der Waals surface area contributed by atoms with Crippen LogP contribution in [0.1, 0.15) is 56.1 Å². The summed E-state index contributed by atoms with van der Waals surface area (Å²) in [7, 11) is -3.51. The van der Waals surface area contributed by atoms with Gasteiger partial charge in [0.2, 0.25) is 15.9 Å². The number of aryl methyl sites for hydroxylation is 2. The summed E-state index contributed by atoms with van der Waals surface area (Å²) < 4.78 is 28.0. The molecular weight excluding hydrogens is 432 g/mol. The molecule has 1 aromatic rings. The number of rotatable bonds is 3. The van der Waals surface area contributed by atoms with Crippen LogP contribution in [0.25, 0.3) is 0 Å². The zero-order valence-electron chi connectivity index (χ0n) is 18.0. The molecule has 1 heterocycles. The van der Waals surface area contributed by atoms with Crippen molar-refractivity contribution >= 4 is 27.5 Å². The van der Waals surface area contributed by atoms with E-state index in [0.29, 0.717) is 42.9 Å². The van der Waals surface area contributed by atoms with Crippen LogP contribution in [0.15, 0.2) is 23.1 Å². The summed E-state index contributed by atoms with van der Waals surface area (Å²) in [4.78, 5) is 15.8. The van der Waals surface area contributed by atoms with Crippen molar-refractivity contribution in [3.8, 4) is 0 Å². The molecule has 2 atom stereocenters. The van der Waals surface area contributed by atoms with Gasteiger partial charge in [-0.2, -0.15) is 4.31 Å². The van der Waals surface area contributed by atoms with Gasteiger partial charge in [0.25, 0.3) is 0 Å². The van der Waals surface area contributed by atoms with E-state index in [0.717, 1.165) is 51.4 Å². The Bertz CT molecular complexity index is 1020. The Labute approximate surface area is 190 Å². The molecule has 7 rings (SSSR count). The highest BCUT2D eigenvalue weighted by molar-refractivity contribution is 7.89. The molecule has 5 nitrogen and oxygen atoms in total. The van der Waals surface area contributed by atoms with Crippen molar-refractivity contribution in [2.45, 2.75) is 67.6 Å². The van der Waals surface area contributed by atoms with Crippen molar-refractivity contribution in [1.29, 1.82) is 0 Å². The fraction of sp³-hybridized carbons (Fsp3) is 0.708. The highest BCUT2D eigenvalue weighted by Crippen LogP contribution is 2.64. The van der Waals surface area contributed by atoms with Crippen LogP contribution in [0.5, 0.6) is 0 Å². The Morgan fingerprint density at radius 3 is 2.32 bits per heavy atom. The third-order valence-corrected chi connectivity index (χ3v) is 11.0. The van der Waals surface area contributed by atoms with E-state index < -0.39 is 10.0 Å². The molecule has 5 fully saturated rings. The molecule has 0 N–H and O–H groups in total. The van der Waals surface area contributed by atoms with Gasteiger partial charge in [-0.3, -0.25) is 4.79 Å². The number of sulfonamides is 1. The second-order valence-electron chi connectivity index (χ2n) is 10.9. The molecule has 1 amide bonds. The van der Waals surface area contributed by atoms with Crippen LogP contribution in [0.2, 0.25) is 0 Å². The number of hydrogen-bond donors (Lipinski definition) is 0. The average molecular weight is 463 g/mol. The van der Waals surface area contributed by atoms with Crippen molar-refractivity contribution in [3.05, 3.63) is 29.3 Å². The molecule has 31 heavy (non-hydrogen) atoms. The molecule has 0 radical (unpaired) electrons. The third-order valence-electron chi connectivity index (χ3n) is 8.68. The lowest BCUT2D eigenvalue weighted by molar-refractivity contribution is -0.157. The minimum Gasteiger partial charge on any atom is -0.340 e. The highest BCUT2D eigenvalue weighted by atomic mass is 35.5. The monoisotopic (exact) mass is 462 g/mol. The second-order valence-corrected chi connectivity index (χ2v) is 13.6. The first-order chi connectivity index (χ1) is 14.8. The molecule has 4 bridgehead atoms. The smallest absolute Gasteiger partial charge is 0.243 e. The van der Waals surface area contributed by atoms with Crippen LogP contribution in [-0.4, -0.2) is 54.6 Å². The lowest BCUT2D eigenvalue weighted by atomic mass is 9.49. The number of carbonyl (C=O) groups is 1. The maximum atomic E-state index is 13.6. The first kappa shape index (κ1) is 20.5. The number of amides is 1. The zero-order chi connectivity index (χ0) is 21.4. The molecule has 1 aromatic carbocycles. The van der Waals surface area contributed by atoms with E-state index in [1.165, 1.54) is 17.5 Å². The SMILES string of the molecule is O=C(N1CCN(S(=O)(=O)c2ccc3c(c2)CCC3)CC1)C12C[C@H]3C[C@@H](CC(Cl)(C3)C1)C2. The van der Waals surface area contributed by atoms with Gasteiger partial charge in [-0.1, -0.05) is 6.07 Å². The van der Waals surface area contributed by atoms with Gasteiger partial charge >= 0.3 is 0 Å². The third kappa shape index (κ3) is 3.27. The molecule has 4 saturated carbocycles. The number of fused-ring (bicyclic) bond motifs is 1. The largest absolute Gasteiger partial charge is 0.340 e. The maximum absolute atomic E-state index is 13.6. The number of halogens is 1. The average Bonchev–Trinajstić information content (AvgIpc) is 3.19. The van der Waals surface area contributed by atoms with Gasteiger partial charge in [-0.15, -0.1) is 11.6 Å². The van der Waals surface area contributed by atoms with E-state index in [-0.39, 0.29) is 16.2 Å². The molecule has 6 aliphatic rings. The predicted molar refractivity (Wildman–Crippen MR) is 120 cm³/mol. The Kier molecular flexibility index (Phi) is 4.59. The maximum Gasteiger partial charge on any atom is 0.243 e. The molecule has 1 saturated heterocycles. The van der Waals surface area contributed by atoms with Crippen molar-refractivity contribution in [3.63, 3.8) is 0 Å². The van der Waals surface area contributed by atoms with Crippen molar-refractivity contribution in [2.24, 2.45) is 17.3 Å². The fourth-order valence-corrected chi connectivity index (χ4v) is 9.89. The van der Waals surface area contributed by atoms with Gasteiger partial charge in [-0.05, 0) is 92.9 Å².